The fourth-order valence-corrected chi connectivity index (χ4v) is 1.98. The Morgan fingerprint density at radius 2 is 1.84 bits per heavy atom. The van der Waals surface area contributed by atoms with Gasteiger partial charge in [-0.15, -0.1) is 0 Å². The molecule has 1 aromatic carbocycles. The highest BCUT2D eigenvalue weighted by molar-refractivity contribution is 5.78. The van der Waals surface area contributed by atoms with Crippen LogP contribution >= 0.6 is 0 Å². The summed E-state index contributed by atoms with van der Waals surface area (Å²) in [4.78, 5) is 11.7. The number of rotatable bonds is 8. The Morgan fingerprint density at radius 3 is 2.53 bits per heavy atom. The van der Waals surface area contributed by atoms with Gasteiger partial charge in [-0.25, -0.2) is 0 Å². The van der Waals surface area contributed by atoms with Crippen LogP contribution in [0.1, 0.15) is 42.4 Å². The molecule has 19 heavy (non-hydrogen) atoms. The van der Waals surface area contributed by atoms with E-state index in [-0.39, 0.29) is 12.5 Å². The predicted molar refractivity (Wildman–Crippen MR) is 78.2 cm³/mol. The average molecular weight is 263 g/mol. The molecule has 0 atom stereocenters. The zero-order valence-corrected chi connectivity index (χ0v) is 12.0. The van der Waals surface area contributed by atoms with E-state index in [0.29, 0.717) is 6.42 Å². The van der Waals surface area contributed by atoms with Gasteiger partial charge in [-0.05, 0) is 43.4 Å². The maximum absolute atomic E-state index is 11.7. The van der Waals surface area contributed by atoms with Crippen LogP contribution in [0.3, 0.4) is 0 Å². The third-order valence-electron chi connectivity index (χ3n) is 3.34. The summed E-state index contributed by atoms with van der Waals surface area (Å²) in [5.74, 6) is 0.0883. The third-order valence-corrected chi connectivity index (χ3v) is 3.34. The molecule has 0 bridgehead atoms. The Hall–Kier alpha value is -1.35. The molecule has 1 amide bonds. The van der Waals surface area contributed by atoms with Gasteiger partial charge in [0.15, 0.2) is 0 Å². The highest BCUT2D eigenvalue weighted by atomic mass is 16.2. The molecule has 1 rings (SSSR count). The van der Waals surface area contributed by atoms with Gasteiger partial charge >= 0.3 is 0 Å². The summed E-state index contributed by atoms with van der Waals surface area (Å²) in [6.45, 7) is 5.14. The van der Waals surface area contributed by atoms with Gasteiger partial charge in [-0.1, -0.05) is 31.0 Å². The van der Waals surface area contributed by atoms with Gasteiger partial charge < -0.3 is 10.4 Å². The Bertz CT molecular complexity index is 402. The van der Waals surface area contributed by atoms with E-state index < -0.39 is 0 Å². The molecule has 0 unspecified atom stereocenters. The summed E-state index contributed by atoms with van der Waals surface area (Å²) >= 11 is 0. The van der Waals surface area contributed by atoms with Gasteiger partial charge in [0.2, 0.25) is 5.91 Å². The van der Waals surface area contributed by atoms with Crippen molar-refractivity contribution >= 4 is 5.91 Å². The first-order valence-electron chi connectivity index (χ1n) is 7.07. The van der Waals surface area contributed by atoms with E-state index >= 15 is 0 Å². The number of aryl methyl sites for hydroxylation is 2. The molecule has 0 spiro atoms. The lowest BCUT2D eigenvalue weighted by molar-refractivity contribution is -0.120. The fourth-order valence-electron chi connectivity index (χ4n) is 1.98. The van der Waals surface area contributed by atoms with Crippen LogP contribution in [-0.2, 0) is 11.2 Å². The number of hydrogen-bond acceptors (Lipinski definition) is 2. The Kier molecular flexibility index (Phi) is 7.19. The van der Waals surface area contributed by atoms with Crippen molar-refractivity contribution in [3.8, 4) is 0 Å². The largest absolute Gasteiger partial charge is 0.396 e. The zero-order chi connectivity index (χ0) is 14.1. The van der Waals surface area contributed by atoms with Crippen molar-refractivity contribution < 1.29 is 9.90 Å². The summed E-state index contributed by atoms with van der Waals surface area (Å²) in [5, 5.41) is 11.6. The number of carbonyl (C=O) groups is 1. The molecule has 0 radical (unpaired) electrons. The molecule has 0 saturated heterocycles. The van der Waals surface area contributed by atoms with Gasteiger partial charge in [-0.3, -0.25) is 4.79 Å². The Morgan fingerprint density at radius 1 is 1.11 bits per heavy atom. The van der Waals surface area contributed by atoms with Crippen molar-refractivity contribution in [3.05, 3.63) is 34.9 Å². The summed E-state index contributed by atoms with van der Waals surface area (Å²) in [5.41, 5.74) is 3.56. The lowest BCUT2D eigenvalue weighted by Crippen LogP contribution is -2.26. The number of hydrogen-bond donors (Lipinski definition) is 2. The molecule has 106 valence electrons. The van der Waals surface area contributed by atoms with Crippen LogP contribution < -0.4 is 5.32 Å². The molecule has 3 nitrogen and oxygen atoms in total. The molecule has 0 aliphatic heterocycles. The van der Waals surface area contributed by atoms with E-state index in [4.69, 9.17) is 5.11 Å². The van der Waals surface area contributed by atoms with Crippen LogP contribution in [0.5, 0.6) is 0 Å². The van der Waals surface area contributed by atoms with Crippen LogP contribution in [0.2, 0.25) is 0 Å². The van der Waals surface area contributed by atoms with Crippen LogP contribution in [0.4, 0.5) is 0 Å². The van der Waals surface area contributed by atoms with Crippen molar-refractivity contribution in [1.29, 1.82) is 0 Å². The second-order valence-electron chi connectivity index (χ2n) is 5.08. The zero-order valence-electron chi connectivity index (χ0n) is 12.0. The van der Waals surface area contributed by atoms with Crippen LogP contribution in [0, 0.1) is 13.8 Å². The van der Waals surface area contributed by atoms with E-state index in [1.165, 1.54) is 11.1 Å². The highest BCUT2D eigenvalue weighted by Crippen LogP contribution is 2.10. The van der Waals surface area contributed by atoms with E-state index in [1.54, 1.807) is 0 Å². The molecule has 0 aliphatic rings. The number of aliphatic hydroxyl groups is 1. The average Bonchev–Trinajstić information content (AvgIpc) is 2.38. The van der Waals surface area contributed by atoms with Gasteiger partial charge in [0.25, 0.3) is 0 Å². The Labute approximate surface area is 116 Å². The quantitative estimate of drug-likeness (QED) is 0.708. The SMILES string of the molecule is Cc1ccc(CC(=O)NCCCCCCO)cc1C. The first-order chi connectivity index (χ1) is 9.13. The molecule has 0 saturated carbocycles. The maximum Gasteiger partial charge on any atom is 0.224 e. The van der Waals surface area contributed by atoms with Crippen molar-refractivity contribution in [2.24, 2.45) is 0 Å². The molecular formula is C16H25NO2. The maximum atomic E-state index is 11.7. The summed E-state index contributed by atoms with van der Waals surface area (Å²) in [6.07, 6.45) is 4.39. The lowest BCUT2D eigenvalue weighted by atomic mass is 10.0. The number of unbranched alkanes of at least 4 members (excludes halogenated alkanes) is 3. The predicted octanol–water partition coefficient (Wildman–Crippen LogP) is 2.51. The van der Waals surface area contributed by atoms with Gasteiger partial charge in [0.05, 0.1) is 6.42 Å². The minimum absolute atomic E-state index is 0.0883. The fraction of sp³-hybridized carbons (Fsp3) is 0.562. The first-order valence-corrected chi connectivity index (χ1v) is 7.07. The summed E-state index contributed by atoms with van der Waals surface area (Å²) in [7, 11) is 0. The monoisotopic (exact) mass is 263 g/mol. The molecule has 0 aromatic heterocycles. The number of amides is 1. The van der Waals surface area contributed by atoms with Crippen LogP contribution in [0.15, 0.2) is 18.2 Å². The number of nitrogens with one attached hydrogen (secondary N) is 1. The van der Waals surface area contributed by atoms with Crippen molar-refractivity contribution in [1.82, 2.24) is 5.32 Å². The smallest absolute Gasteiger partial charge is 0.224 e. The minimum Gasteiger partial charge on any atom is -0.396 e. The van der Waals surface area contributed by atoms with Gasteiger partial charge in [0.1, 0.15) is 0 Å². The third kappa shape index (κ3) is 6.39. The number of carbonyl (C=O) groups excluding carboxylic acids is 1. The lowest BCUT2D eigenvalue weighted by Gasteiger charge is -2.07. The Balaban J connectivity index is 2.21. The molecule has 2 N–H and O–H groups in total. The molecule has 0 fully saturated rings. The molecule has 1 aromatic rings. The molecular weight excluding hydrogens is 238 g/mol. The van der Waals surface area contributed by atoms with Crippen LogP contribution in [-0.4, -0.2) is 24.2 Å². The summed E-state index contributed by atoms with van der Waals surface area (Å²) in [6, 6.07) is 6.16. The molecule has 0 aliphatic carbocycles. The van der Waals surface area contributed by atoms with Gasteiger partial charge in [-0.2, -0.15) is 0 Å². The van der Waals surface area contributed by atoms with Crippen molar-refractivity contribution in [2.75, 3.05) is 13.2 Å². The second-order valence-corrected chi connectivity index (χ2v) is 5.08. The standard InChI is InChI=1S/C16H25NO2/c1-13-7-8-15(11-14(13)2)12-16(19)17-9-5-3-4-6-10-18/h7-8,11,18H,3-6,9-10,12H2,1-2H3,(H,17,19). The van der Waals surface area contributed by atoms with E-state index in [2.05, 4.69) is 31.3 Å². The topological polar surface area (TPSA) is 49.3 Å². The number of benzene rings is 1. The first kappa shape index (κ1) is 15.7. The molecule has 3 heteroatoms. The summed E-state index contributed by atoms with van der Waals surface area (Å²) < 4.78 is 0. The minimum atomic E-state index is 0.0883. The van der Waals surface area contributed by atoms with E-state index in [0.717, 1.165) is 37.8 Å². The van der Waals surface area contributed by atoms with Crippen molar-refractivity contribution in [2.45, 2.75) is 46.0 Å². The van der Waals surface area contributed by atoms with Gasteiger partial charge in [0, 0.05) is 13.2 Å². The second kappa shape index (κ2) is 8.70. The normalized spacial score (nSPS) is 10.5. The number of aliphatic hydroxyl groups excluding tert-OH is 1. The van der Waals surface area contributed by atoms with E-state index in [1.807, 2.05) is 6.07 Å². The van der Waals surface area contributed by atoms with E-state index in [9.17, 15) is 4.79 Å². The van der Waals surface area contributed by atoms with Crippen molar-refractivity contribution in [3.63, 3.8) is 0 Å². The highest BCUT2D eigenvalue weighted by Gasteiger charge is 2.03. The van der Waals surface area contributed by atoms with Crippen LogP contribution in [0.25, 0.3) is 0 Å². The molecule has 0 heterocycles.